The average Bonchev–Trinajstić information content (AvgIpc) is 2.27. The van der Waals surface area contributed by atoms with Crippen LogP contribution >= 0.6 is 15.9 Å². The number of nitrogens with two attached hydrogens (primary N) is 1. The van der Waals surface area contributed by atoms with Crippen LogP contribution in [0.4, 0.5) is 4.39 Å². The summed E-state index contributed by atoms with van der Waals surface area (Å²) in [6.07, 6.45) is 0. The number of benzene rings is 1. The molecule has 0 bridgehead atoms. The van der Waals surface area contributed by atoms with Crippen molar-refractivity contribution >= 4 is 15.9 Å². The van der Waals surface area contributed by atoms with Crippen molar-refractivity contribution in [3.05, 3.63) is 21.9 Å². The molecule has 0 aliphatic carbocycles. The summed E-state index contributed by atoms with van der Waals surface area (Å²) in [4.78, 5) is 0. The second-order valence-corrected chi connectivity index (χ2v) is 4.31. The second-order valence-electron chi connectivity index (χ2n) is 3.46. The zero-order valence-electron chi connectivity index (χ0n) is 9.51. The molecule has 0 saturated heterocycles. The maximum atomic E-state index is 13.6. The Morgan fingerprint density at radius 2 is 1.94 bits per heavy atom. The molecule has 1 unspecified atom stereocenters. The molecule has 0 aliphatic rings. The Balaban J connectivity index is 3.45. The Bertz CT molecular complexity index is 385. The van der Waals surface area contributed by atoms with Gasteiger partial charge in [-0.3, -0.25) is 0 Å². The molecular formula is C11H15BrFNO2. The van der Waals surface area contributed by atoms with Crippen molar-refractivity contribution in [2.24, 2.45) is 5.73 Å². The first kappa shape index (κ1) is 13.3. The monoisotopic (exact) mass is 291 g/mol. The van der Waals surface area contributed by atoms with Gasteiger partial charge in [-0.25, -0.2) is 4.39 Å². The van der Waals surface area contributed by atoms with E-state index >= 15 is 0 Å². The number of hydrogen-bond acceptors (Lipinski definition) is 3. The van der Waals surface area contributed by atoms with Crippen LogP contribution in [0.25, 0.3) is 0 Å². The predicted octanol–water partition coefficient (Wildman–Crippen LogP) is 2.67. The van der Waals surface area contributed by atoms with E-state index in [0.717, 1.165) is 5.56 Å². The van der Waals surface area contributed by atoms with Gasteiger partial charge in [-0.05, 0) is 18.5 Å². The van der Waals surface area contributed by atoms with Gasteiger partial charge >= 0.3 is 0 Å². The van der Waals surface area contributed by atoms with Crippen LogP contribution in [0.5, 0.6) is 11.5 Å². The van der Waals surface area contributed by atoms with Crippen molar-refractivity contribution < 1.29 is 13.9 Å². The summed E-state index contributed by atoms with van der Waals surface area (Å²) in [6, 6.07) is 1.36. The highest BCUT2D eigenvalue weighted by Crippen LogP contribution is 2.42. The van der Waals surface area contributed by atoms with E-state index in [1.54, 1.807) is 0 Å². The van der Waals surface area contributed by atoms with E-state index in [2.05, 4.69) is 15.9 Å². The number of hydrogen-bond donors (Lipinski definition) is 1. The van der Waals surface area contributed by atoms with Crippen molar-refractivity contribution in [3.63, 3.8) is 0 Å². The molecule has 0 saturated carbocycles. The van der Waals surface area contributed by atoms with E-state index < -0.39 is 5.82 Å². The van der Waals surface area contributed by atoms with Crippen LogP contribution in [0.1, 0.15) is 18.4 Å². The van der Waals surface area contributed by atoms with Crippen molar-refractivity contribution in [1.29, 1.82) is 0 Å². The largest absolute Gasteiger partial charge is 0.492 e. The Kier molecular flexibility index (Phi) is 4.56. The summed E-state index contributed by atoms with van der Waals surface area (Å²) >= 11 is 3.31. The van der Waals surface area contributed by atoms with Gasteiger partial charge in [-0.1, -0.05) is 22.9 Å². The molecule has 0 heterocycles. The first-order valence-electron chi connectivity index (χ1n) is 4.86. The van der Waals surface area contributed by atoms with Crippen molar-refractivity contribution in [3.8, 4) is 11.5 Å². The molecule has 5 heteroatoms. The molecule has 0 spiro atoms. The lowest BCUT2D eigenvalue weighted by atomic mass is 9.99. The van der Waals surface area contributed by atoms with E-state index in [1.807, 2.05) is 6.92 Å². The zero-order chi connectivity index (χ0) is 12.3. The van der Waals surface area contributed by atoms with Gasteiger partial charge in [-0.15, -0.1) is 0 Å². The third-order valence-corrected chi connectivity index (χ3v) is 3.09. The minimum Gasteiger partial charge on any atom is -0.492 e. The standard InChI is InChI=1S/C11H15BrFNO2/c1-6(5-14)9-7(12)4-8(13)10(15-2)11(9)16-3/h4,6H,5,14H2,1-3H3. The lowest BCUT2D eigenvalue weighted by molar-refractivity contribution is 0.332. The molecule has 2 N–H and O–H groups in total. The van der Waals surface area contributed by atoms with Gasteiger partial charge in [0.2, 0.25) is 0 Å². The molecule has 0 radical (unpaired) electrons. The molecule has 1 aromatic carbocycles. The maximum Gasteiger partial charge on any atom is 0.197 e. The van der Waals surface area contributed by atoms with Gasteiger partial charge in [0.25, 0.3) is 0 Å². The first-order chi connectivity index (χ1) is 7.56. The van der Waals surface area contributed by atoms with Gasteiger partial charge in [0.1, 0.15) is 0 Å². The third kappa shape index (κ3) is 2.30. The predicted molar refractivity (Wildman–Crippen MR) is 64.7 cm³/mol. The van der Waals surface area contributed by atoms with E-state index in [4.69, 9.17) is 15.2 Å². The zero-order valence-corrected chi connectivity index (χ0v) is 11.1. The summed E-state index contributed by atoms with van der Waals surface area (Å²) in [7, 11) is 2.89. The number of ether oxygens (including phenoxy) is 2. The molecule has 0 aromatic heterocycles. The van der Waals surface area contributed by atoms with Crippen LogP contribution in [-0.2, 0) is 0 Å². The van der Waals surface area contributed by atoms with Crippen LogP contribution < -0.4 is 15.2 Å². The lowest BCUT2D eigenvalue weighted by Crippen LogP contribution is -2.12. The first-order valence-corrected chi connectivity index (χ1v) is 5.66. The van der Waals surface area contributed by atoms with Crippen LogP contribution in [0, 0.1) is 5.82 Å². The number of methoxy groups -OCH3 is 2. The Morgan fingerprint density at radius 3 is 2.38 bits per heavy atom. The molecule has 3 nitrogen and oxygen atoms in total. The Labute approximate surface area is 103 Å². The van der Waals surface area contributed by atoms with Crippen molar-refractivity contribution in [2.75, 3.05) is 20.8 Å². The summed E-state index contributed by atoms with van der Waals surface area (Å²) in [5, 5.41) is 0. The van der Waals surface area contributed by atoms with Crippen LogP contribution in [0.3, 0.4) is 0 Å². The van der Waals surface area contributed by atoms with E-state index in [9.17, 15) is 4.39 Å². The summed E-state index contributed by atoms with van der Waals surface area (Å²) in [5.74, 6) is 0.103. The van der Waals surface area contributed by atoms with E-state index in [1.165, 1.54) is 20.3 Å². The van der Waals surface area contributed by atoms with Gasteiger partial charge in [0.15, 0.2) is 17.3 Å². The summed E-state index contributed by atoms with van der Waals surface area (Å²) in [6.45, 7) is 2.39. The van der Waals surface area contributed by atoms with Crippen molar-refractivity contribution in [2.45, 2.75) is 12.8 Å². The maximum absolute atomic E-state index is 13.6. The minimum absolute atomic E-state index is 0.0545. The molecule has 1 aromatic rings. The average molecular weight is 292 g/mol. The Morgan fingerprint density at radius 1 is 1.38 bits per heavy atom. The van der Waals surface area contributed by atoms with Crippen LogP contribution in [0.2, 0.25) is 0 Å². The number of rotatable bonds is 4. The fraction of sp³-hybridized carbons (Fsp3) is 0.455. The third-order valence-electron chi connectivity index (χ3n) is 2.43. The minimum atomic E-state index is -0.459. The quantitative estimate of drug-likeness (QED) is 0.928. The fourth-order valence-corrected chi connectivity index (χ4v) is 2.34. The Hall–Kier alpha value is -0.810. The molecule has 0 aliphatic heterocycles. The van der Waals surface area contributed by atoms with Crippen molar-refractivity contribution in [1.82, 2.24) is 0 Å². The number of halogens is 2. The van der Waals surface area contributed by atoms with Gasteiger partial charge < -0.3 is 15.2 Å². The van der Waals surface area contributed by atoms with Gasteiger partial charge in [0.05, 0.1) is 14.2 Å². The van der Waals surface area contributed by atoms with Gasteiger partial charge in [-0.2, -0.15) is 0 Å². The smallest absolute Gasteiger partial charge is 0.197 e. The SMILES string of the molecule is COc1c(F)cc(Br)c(C(C)CN)c1OC. The van der Waals surface area contributed by atoms with Gasteiger partial charge in [0, 0.05) is 10.0 Å². The molecule has 1 rings (SSSR count). The highest BCUT2D eigenvalue weighted by Gasteiger charge is 2.22. The lowest BCUT2D eigenvalue weighted by Gasteiger charge is -2.18. The molecule has 0 amide bonds. The van der Waals surface area contributed by atoms with E-state index in [-0.39, 0.29) is 11.7 Å². The fourth-order valence-electron chi connectivity index (χ4n) is 1.56. The van der Waals surface area contributed by atoms with Crippen LogP contribution in [-0.4, -0.2) is 20.8 Å². The molecular weight excluding hydrogens is 277 g/mol. The molecule has 0 fully saturated rings. The van der Waals surface area contributed by atoms with Crippen LogP contribution in [0.15, 0.2) is 10.5 Å². The highest BCUT2D eigenvalue weighted by atomic mass is 79.9. The molecule has 1 atom stereocenters. The normalized spacial score (nSPS) is 12.4. The highest BCUT2D eigenvalue weighted by molar-refractivity contribution is 9.10. The molecule has 16 heavy (non-hydrogen) atoms. The molecule has 90 valence electrons. The summed E-state index contributed by atoms with van der Waals surface area (Å²) < 4.78 is 24.4. The second kappa shape index (κ2) is 5.50. The van der Waals surface area contributed by atoms with E-state index in [0.29, 0.717) is 16.8 Å². The summed E-state index contributed by atoms with van der Waals surface area (Å²) in [5.41, 5.74) is 6.44. The topological polar surface area (TPSA) is 44.5 Å².